The maximum atomic E-state index is 13.7. The molecule has 2 aromatic rings. The summed E-state index contributed by atoms with van der Waals surface area (Å²) in [6.07, 6.45) is 1.01. The average Bonchev–Trinajstić information content (AvgIpc) is 2.48. The van der Waals surface area contributed by atoms with Crippen LogP contribution in [0.25, 0.3) is 0 Å². The Bertz CT molecular complexity index is 598. The van der Waals surface area contributed by atoms with Crippen molar-refractivity contribution in [2.24, 2.45) is 0 Å². The first-order valence-electron chi connectivity index (χ1n) is 7.29. The first kappa shape index (κ1) is 15.5. The molecule has 0 aliphatic heterocycles. The molecule has 2 aromatic carbocycles. The highest BCUT2D eigenvalue weighted by atomic mass is 19.1. The zero-order chi connectivity index (χ0) is 15.2. The normalized spacial score (nSPS) is 12.2. The Morgan fingerprint density at radius 2 is 2.00 bits per heavy atom. The van der Waals surface area contributed by atoms with E-state index in [2.05, 4.69) is 37.4 Å². The van der Waals surface area contributed by atoms with Gasteiger partial charge in [0, 0.05) is 5.56 Å². The number of methoxy groups -OCH3 is 1. The van der Waals surface area contributed by atoms with Gasteiger partial charge in [-0.15, -0.1) is 0 Å². The van der Waals surface area contributed by atoms with Crippen LogP contribution in [0.3, 0.4) is 0 Å². The minimum Gasteiger partial charge on any atom is -0.496 e. The zero-order valence-corrected chi connectivity index (χ0v) is 12.8. The molecular weight excluding hydrogens is 265 g/mol. The molecule has 21 heavy (non-hydrogen) atoms. The van der Waals surface area contributed by atoms with Gasteiger partial charge < -0.3 is 10.1 Å². The van der Waals surface area contributed by atoms with Crippen LogP contribution in [-0.4, -0.2) is 13.7 Å². The van der Waals surface area contributed by atoms with Gasteiger partial charge in [-0.1, -0.05) is 36.8 Å². The van der Waals surface area contributed by atoms with Crippen molar-refractivity contribution >= 4 is 0 Å². The average molecular weight is 287 g/mol. The molecule has 112 valence electrons. The van der Waals surface area contributed by atoms with Crippen LogP contribution in [0.5, 0.6) is 5.75 Å². The second-order valence-corrected chi connectivity index (χ2v) is 5.19. The van der Waals surface area contributed by atoms with Gasteiger partial charge >= 0.3 is 0 Å². The van der Waals surface area contributed by atoms with Crippen molar-refractivity contribution in [1.29, 1.82) is 0 Å². The van der Waals surface area contributed by atoms with Crippen molar-refractivity contribution in [3.63, 3.8) is 0 Å². The molecule has 0 aliphatic rings. The van der Waals surface area contributed by atoms with Crippen molar-refractivity contribution in [1.82, 2.24) is 5.32 Å². The third-order valence-corrected chi connectivity index (χ3v) is 3.48. The van der Waals surface area contributed by atoms with Gasteiger partial charge in [-0.3, -0.25) is 0 Å². The highest BCUT2D eigenvalue weighted by Crippen LogP contribution is 2.31. The van der Waals surface area contributed by atoms with Crippen LogP contribution in [0.1, 0.15) is 36.1 Å². The Kier molecular flexibility index (Phi) is 5.34. The predicted molar refractivity (Wildman–Crippen MR) is 84.3 cm³/mol. The molecule has 0 aromatic heterocycles. The summed E-state index contributed by atoms with van der Waals surface area (Å²) in [5, 5.41) is 3.48. The Hall–Kier alpha value is -1.87. The number of aryl methyl sites for hydroxylation is 1. The monoisotopic (exact) mass is 287 g/mol. The van der Waals surface area contributed by atoms with E-state index >= 15 is 0 Å². The van der Waals surface area contributed by atoms with Crippen LogP contribution in [0, 0.1) is 12.7 Å². The minimum atomic E-state index is -0.248. The lowest BCUT2D eigenvalue weighted by Gasteiger charge is -2.22. The van der Waals surface area contributed by atoms with Crippen LogP contribution in [0.2, 0.25) is 0 Å². The molecule has 0 bridgehead atoms. The van der Waals surface area contributed by atoms with Crippen molar-refractivity contribution in [3.8, 4) is 5.75 Å². The Morgan fingerprint density at radius 3 is 2.67 bits per heavy atom. The molecule has 0 fully saturated rings. The van der Waals surface area contributed by atoms with Gasteiger partial charge in [-0.05, 0) is 43.7 Å². The summed E-state index contributed by atoms with van der Waals surface area (Å²) in [5.74, 6) is 0.452. The maximum absolute atomic E-state index is 13.7. The van der Waals surface area contributed by atoms with E-state index in [4.69, 9.17) is 4.74 Å². The summed E-state index contributed by atoms with van der Waals surface area (Å²) < 4.78 is 19.1. The van der Waals surface area contributed by atoms with Crippen molar-refractivity contribution in [3.05, 3.63) is 65.0 Å². The van der Waals surface area contributed by atoms with E-state index in [1.165, 1.54) is 11.6 Å². The van der Waals surface area contributed by atoms with Crippen LogP contribution >= 0.6 is 0 Å². The van der Waals surface area contributed by atoms with E-state index < -0.39 is 0 Å². The molecular formula is C18H22FNO. The summed E-state index contributed by atoms with van der Waals surface area (Å²) in [6, 6.07) is 12.9. The molecule has 0 saturated heterocycles. The molecule has 1 unspecified atom stereocenters. The summed E-state index contributed by atoms with van der Waals surface area (Å²) in [7, 11) is 1.61. The van der Waals surface area contributed by atoms with Gasteiger partial charge in [0.2, 0.25) is 0 Å². The van der Waals surface area contributed by atoms with Crippen LogP contribution in [0.15, 0.2) is 42.5 Å². The lowest BCUT2D eigenvalue weighted by Crippen LogP contribution is -2.24. The number of halogens is 1. The van der Waals surface area contributed by atoms with E-state index in [9.17, 15) is 4.39 Å². The lowest BCUT2D eigenvalue weighted by molar-refractivity contribution is 0.402. The second kappa shape index (κ2) is 7.23. The molecule has 2 nitrogen and oxygen atoms in total. The van der Waals surface area contributed by atoms with Crippen LogP contribution < -0.4 is 10.1 Å². The summed E-state index contributed by atoms with van der Waals surface area (Å²) in [5.41, 5.74) is 3.13. The van der Waals surface area contributed by atoms with Gasteiger partial charge in [0.05, 0.1) is 13.2 Å². The van der Waals surface area contributed by atoms with Gasteiger partial charge in [-0.2, -0.15) is 0 Å². The Labute approximate surface area is 126 Å². The fourth-order valence-corrected chi connectivity index (χ4v) is 2.48. The minimum absolute atomic E-state index is 0.0736. The molecule has 0 saturated carbocycles. The summed E-state index contributed by atoms with van der Waals surface area (Å²) in [4.78, 5) is 0. The molecule has 3 heteroatoms. The van der Waals surface area contributed by atoms with Gasteiger partial charge in [-0.25, -0.2) is 4.39 Å². The number of ether oxygens (including phenoxy) is 1. The van der Waals surface area contributed by atoms with E-state index in [1.54, 1.807) is 19.2 Å². The van der Waals surface area contributed by atoms with Crippen molar-refractivity contribution in [2.45, 2.75) is 26.3 Å². The molecule has 0 aliphatic carbocycles. The number of hydrogen-bond donors (Lipinski definition) is 1. The molecule has 0 radical (unpaired) electrons. The number of rotatable bonds is 6. The number of benzene rings is 2. The Balaban J connectivity index is 2.47. The third kappa shape index (κ3) is 3.82. The fraction of sp³-hybridized carbons (Fsp3) is 0.333. The van der Waals surface area contributed by atoms with E-state index in [1.807, 2.05) is 6.07 Å². The van der Waals surface area contributed by atoms with E-state index in [-0.39, 0.29) is 11.9 Å². The molecule has 1 atom stereocenters. The standard InChI is InChI=1S/C18H22FNO/c1-4-10-20-18(14-7-5-6-13(2)11-14)16-12-15(19)8-9-17(16)21-3/h5-9,11-12,18,20H,4,10H2,1-3H3. The first-order valence-corrected chi connectivity index (χ1v) is 7.29. The molecule has 2 rings (SSSR count). The fourth-order valence-electron chi connectivity index (χ4n) is 2.48. The quantitative estimate of drug-likeness (QED) is 0.858. The summed E-state index contributed by atoms with van der Waals surface area (Å²) >= 11 is 0. The second-order valence-electron chi connectivity index (χ2n) is 5.19. The smallest absolute Gasteiger partial charge is 0.124 e. The predicted octanol–water partition coefficient (Wildman–Crippen LogP) is 4.23. The van der Waals surface area contributed by atoms with E-state index in [0.29, 0.717) is 5.75 Å². The number of hydrogen-bond acceptors (Lipinski definition) is 2. The molecule has 0 amide bonds. The Morgan fingerprint density at radius 1 is 1.19 bits per heavy atom. The topological polar surface area (TPSA) is 21.3 Å². The van der Waals surface area contributed by atoms with Gasteiger partial charge in [0.1, 0.15) is 11.6 Å². The zero-order valence-electron chi connectivity index (χ0n) is 12.8. The largest absolute Gasteiger partial charge is 0.496 e. The maximum Gasteiger partial charge on any atom is 0.124 e. The van der Waals surface area contributed by atoms with Crippen molar-refractivity contribution in [2.75, 3.05) is 13.7 Å². The number of nitrogens with one attached hydrogen (secondary N) is 1. The van der Waals surface area contributed by atoms with Crippen LogP contribution in [0.4, 0.5) is 4.39 Å². The third-order valence-electron chi connectivity index (χ3n) is 3.48. The highest BCUT2D eigenvalue weighted by molar-refractivity contribution is 5.42. The van der Waals surface area contributed by atoms with E-state index in [0.717, 1.165) is 24.1 Å². The lowest BCUT2D eigenvalue weighted by atomic mass is 9.96. The van der Waals surface area contributed by atoms with Gasteiger partial charge in [0.15, 0.2) is 0 Å². The highest BCUT2D eigenvalue weighted by Gasteiger charge is 2.18. The summed E-state index contributed by atoms with van der Waals surface area (Å²) in [6.45, 7) is 5.03. The molecule has 0 spiro atoms. The van der Waals surface area contributed by atoms with Gasteiger partial charge in [0.25, 0.3) is 0 Å². The first-order chi connectivity index (χ1) is 10.2. The SMILES string of the molecule is CCCNC(c1cccc(C)c1)c1cc(F)ccc1OC. The molecule has 1 N–H and O–H groups in total. The van der Waals surface area contributed by atoms with Crippen molar-refractivity contribution < 1.29 is 9.13 Å². The van der Waals surface area contributed by atoms with Crippen LogP contribution in [-0.2, 0) is 0 Å². The molecule has 0 heterocycles.